The van der Waals surface area contributed by atoms with Crippen molar-refractivity contribution in [2.75, 3.05) is 0 Å². The molecule has 1 atom stereocenters. The van der Waals surface area contributed by atoms with Crippen molar-refractivity contribution in [3.63, 3.8) is 0 Å². The lowest BCUT2D eigenvalue weighted by Crippen LogP contribution is -2.26. The van der Waals surface area contributed by atoms with Gasteiger partial charge in [0.1, 0.15) is 11.5 Å². The number of aldehydes is 1. The maximum absolute atomic E-state index is 12.1. The molecule has 1 unspecified atom stereocenters. The van der Waals surface area contributed by atoms with E-state index >= 15 is 0 Å². The molecule has 0 aliphatic carbocycles. The first-order chi connectivity index (χ1) is 9.33. The normalized spacial score (nSPS) is 13.3. The van der Waals surface area contributed by atoms with Crippen LogP contribution in [0.4, 0.5) is 0 Å². The van der Waals surface area contributed by atoms with E-state index in [1.54, 1.807) is 26.8 Å². The lowest BCUT2D eigenvalue weighted by molar-refractivity contribution is 0.109. The Morgan fingerprint density at radius 2 is 1.95 bits per heavy atom. The standard InChI is InChI=1S/C13H15NO5S/c1-8-6-12(10(3)18-8)9(2)14-20(16,17)13-5-4-11(7-15)19-13/h4-7,9,14H,1-3H3. The zero-order valence-corrected chi connectivity index (χ0v) is 12.2. The van der Waals surface area contributed by atoms with Gasteiger partial charge in [0.05, 0.1) is 0 Å². The molecule has 0 fully saturated rings. The minimum absolute atomic E-state index is 0.0339. The van der Waals surface area contributed by atoms with Crippen molar-refractivity contribution >= 4 is 16.3 Å². The van der Waals surface area contributed by atoms with Crippen molar-refractivity contribution in [3.8, 4) is 0 Å². The van der Waals surface area contributed by atoms with Gasteiger partial charge in [-0.25, -0.2) is 13.1 Å². The number of hydrogen-bond acceptors (Lipinski definition) is 5. The molecular weight excluding hydrogens is 282 g/mol. The number of aryl methyl sites for hydroxylation is 2. The second-order valence-electron chi connectivity index (χ2n) is 4.49. The van der Waals surface area contributed by atoms with Gasteiger partial charge in [-0.05, 0) is 39.0 Å². The van der Waals surface area contributed by atoms with Crippen molar-refractivity contribution in [2.24, 2.45) is 0 Å². The highest BCUT2D eigenvalue weighted by molar-refractivity contribution is 7.89. The first-order valence-electron chi connectivity index (χ1n) is 5.98. The third-order valence-electron chi connectivity index (χ3n) is 2.86. The lowest BCUT2D eigenvalue weighted by Gasteiger charge is -2.12. The number of carbonyl (C=O) groups is 1. The zero-order valence-electron chi connectivity index (χ0n) is 11.3. The summed E-state index contributed by atoms with van der Waals surface area (Å²) in [6, 6.07) is 3.86. The van der Waals surface area contributed by atoms with Crippen molar-refractivity contribution < 1.29 is 22.0 Å². The molecule has 0 spiro atoms. The Balaban J connectivity index is 2.23. The molecular formula is C13H15NO5S. The van der Waals surface area contributed by atoms with Gasteiger partial charge < -0.3 is 8.83 Å². The van der Waals surface area contributed by atoms with Crippen LogP contribution in [0.25, 0.3) is 0 Å². The van der Waals surface area contributed by atoms with E-state index in [9.17, 15) is 13.2 Å². The Morgan fingerprint density at radius 1 is 1.25 bits per heavy atom. The summed E-state index contributed by atoms with van der Waals surface area (Å²) >= 11 is 0. The smallest absolute Gasteiger partial charge is 0.274 e. The molecule has 6 nitrogen and oxygen atoms in total. The van der Waals surface area contributed by atoms with Crippen molar-refractivity contribution in [2.45, 2.75) is 31.9 Å². The predicted octanol–water partition coefficient (Wildman–Crippen LogP) is 2.34. The summed E-state index contributed by atoms with van der Waals surface area (Å²) in [7, 11) is -3.82. The monoisotopic (exact) mass is 297 g/mol. The summed E-state index contributed by atoms with van der Waals surface area (Å²) in [6.45, 7) is 5.27. The van der Waals surface area contributed by atoms with Crippen molar-refractivity contribution in [1.82, 2.24) is 4.72 Å². The molecule has 2 aromatic heterocycles. The number of sulfonamides is 1. The molecule has 0 bridgehead atoms. The van der Waals surface area contributed by atoms with Gasteiger partial charge in [-0.2, -0.15) is 0 Å². The lowest BCUT2D eigenvalue weighted by atomic mass is 10.1. The fraction of sp³-hybridized carbons (Fsp3) is 0.308. The van der Waals surface area contributed by atoms with Gasteiger partial charge in [-0.3, -0.25) is 4.79 Å². The van der Waals surface area contributed by atoms with Crippen LogP contribution in [-0.2, 0) is 10.0 Å². The van der Waals surface area contributed by atoms with Crippen LogP contribution in [0.1, 0.15) is 40.6 Å². The number of nitrogens with one attached hydrogen (secondary N) is 1. The van der Waals surface area contributed by atoms with Crippen LogP contribution in [-0.4, -0.2) is 14.7 Å². The first kappa shape index (κ1) is 14.5. The predicted molar refractivity (Wildman–Crippen MR) is 71.0 cm³/mol. The highest BCUT2D eigenvalue weighted by Gasteiger charge is 2.23. The van der Waals surface area contributed by atoms with Gasteiger partial charge in [-0.1, -0.05) is 0 Å². The van der Waals surface area contributed by atoms with Crippen LogP contribution in [0.3, 0.4) is 0 Å². The molecule has 0 aliphatic rings. The summed E-state index contributed by atoms with van der Waals surface area (Å²) in [6.07, 6.45) is 0.450. The first-order valence-corrected chi connectivity index (χ1v) is 7.46. The Labute approximate surface area is 116 Å². The largest absolute Gasteiger partial charge is 0.466 e. The van der Waals surface area contributed by atoms with Gasteiger partial charge >= 0.3 is 0 Å². The molecule has 108 valence electrons. The Kier molecular flexibility index (Phi) is 3.82. The van der Waals surface area contributed by atoms with E-state index < -0.39 is 16.1 Å². The topological polar surface area (TPSA) is 89.5 Å². The molecule has 0 radical (unpaired) electrons. The molecule has 20 heavy (non-hydrogen) atoms. The van der Waals surface area contributed by atoms with Gasteiger partial charge in [0.15, 0.2) is 12.0 Å². The number of furan rings is 2. The Hall–Kier alpha value is -1.86. The SMILES string of the molecule is Cc1cc(C(C)NS(=O)(=O)c2ccc(C=O)o2)c(C)o1. The van der Waals surface area contributed by atoms with Gasteiger partial charge in [-0.15, -0.1) is 0 Å². The van der Waals surface area contributed by atoms with Gasteiger partial charge in [0.25, 0.3) is 10.0 Å². The molecule has 0 amide bonds. The fourth-order valence-corrected chi connectivity index (χ4v) is 3.14. The van der Waals surface area contributed by atoms with E-state index in [0.29, 0.717) is 17.8 Å². The zero-order chi connectivity index (χ0) is 14.9. The summed E-state index contributed by atoms with van der Waals surface area (Å²) in [5.74, 6) is 1.34. The molecule has 0 saturated carbocycles. The van der Waals surface area contributed by atoms with E-state index in [-0.39, 0.29) is 10.9 Å². The molecule has 7 heteroatoms. The quantitative estimate of drug-likeness (QED) is 0.855. The van der Waals surface area contributed by atoms with Crippen LogP contribution in [0.15, 0.2) is 32.1 Å². The van der Waals surface area contributed by atoms with E-state index in [4.69, 9.17) is 8.83 Å². The molecule has 1 N–H and O–H groups in total. The summed E-state index contributed by atoms with van der Waals surface area (Å²) in [4.78, 5) is 10.5. The van der Waals surface area contributed by atoms with E-state index in [1.807, 2.05) is 0 Å². The Bertz CT molecular complexity index is 726. The number of rotatable bonds is 5. The molecule has 0 aliphatic heterocycles. The maximum atomic E-state index is 12.1. The van der Waals surface area contributed by atoms with Gasteiger partial charge in [0.2, 0.25) is 5.09 Å². The molecule has 2 rings (SSSR count). The number of carbonyl (C=O) groups excluding carboxylic acids is 1. The molecule has 2 heterocycles. The van der Waals surface area contributed by atoms with Gasteiger partial charge in [0, 0.05) is 11.6 Å². The van der Waals surface area contributed by atoms with Crippen molar-refractivity contribution in [1.29, 1.82) is 0 Å². The van der Waals surface area contributed by atoms with E-state index in [1.165, 1.54) is 12.1 Å². The second kappa shape index (κ2) is 5.26. The van der Waals surface area contributed by atoms with Crippen LogP contribution in [0.5, 0.6) is 0 Å². The second-order valence-corrected chi connectivity index (χ2v) is 6.13. The van der Waals surface area contributed by atoms with Crippen LogP contribution in [0.2, 0.25) is 0 Å². The number of hydrogen-bond donors (Lipinski definition) is 1. The minimum atomic E-state index is -3.82. The average molecular weight is 297 g/mol. The molecule has 0 aromatic carbocycles. The van der Waals surface area contributed by atoms with Crippen LogP contribution in [0, 0.1) is 13.8 Å². The fourth-order valence-electron chi connectivity index (χ4n) is 1.98. The molecule has 2 aromatic rings. The summed E-state index contributed by atoms with van der Waals surface area (Å²) in [5, 5.41) is -0.288. The molecule has 0 saturated heterocycles. The highest BCUT2D eigenvalue weighted by Crippen LogP contribution is 2.23. The van der Waals surface area contributed by atoms with E-state index in [0.717, 1.165) is 5.56 Å². The summed E-state index contributed by atoms with van der Waals surface area (Å²) < 4.78 is 37.0. The van der Waals surface area contributed by atoms with Crippen LogP contribution >= 0.6 is 0 Å². The maximum Gasteiger partial charge on any atom is 0.274 e. The average Bonchev–Trinajstić information content (AvgIpc) is 2.95. The third-order valence-corrected chi connectivity index (χ3v) is 4.27. The van der Waals surface area contributed by atoms with Crippen molar-refractivity contribution in [3.05, 3.63) is 41.0 Å². The minimum Gasteiger partial charge on any atom is -0.466 e. The highest BCUT2D eigenvalue weighted by atomic mass is 32.2. The summed E-state index contributed by atoms with van der Waals surface area (Å²) in [5.41, 5.74) is 0.758. The third kappa shape index (κ3) is 2.83. The van der Waals surface area contributed by atoms with Crippen LogP contribution < -0.4 is 4.72 Å². The Morgan fingerprint density at radius 3 is 2.45 bits per heavy atom. The van der Waals surface area contributed by atoms with E-state index in [2.05, 4.69) is 4.72 Å².